The van der Waals surface area contributed by atoms with E-state index in [1.165, 1.54) is 17.4 Å². The van der Waals surface area contributed by atoms with Gasteiger partial charge in [-0.3, -0.25) is 0 Å². The zero-order valence-electron chi connectivity index (χ0n) is 12.2. The van der Waals surface area contributed by atoms with Gasteiger partial charge >= 0.3 is 0 Å². The molecule has 1 heterocycles. The summed E-state index contributed by atoms with van der Waals surface area (Å²) in [6, 6.07) is 4.03. The molecule has 1 aromatic carbocycles. The molecule has 104 valence electrons. The third kappa shape index (κ3) is 2.88. The summed E-state index contributed by atoms with van der Waals surface area (Å²) < 4.78 is 0. The van der Waals surface area contributed by atoms with Crippen molar-refractivity contribution in [2.24, 2.45) is 0 Å². The highest BCUT2D eigenvalue weighted by Crippen LogP contribution is 2.27. The summed E-state index contributed by atoms with van der Waals surface area (Å²) in [4.78, 5) is 0.933. The molecule has 1 aliphatic heterocycles. The molecule has 20 heavy (non-hydrogen) atoms. The minimum absolute atomic E-state index is 0.765. The molecule has 0 spiro atoms. The first-order valence-corrected chi connectivity index (χ1v) is 7.04. The van der Waals surface area contributed by atoms with Crippen LogP contribution < -0.4 is 5.32 Å². The van der Waals surface area contributed by atoms with Gasteiger partial charge in [-0.05, 0) is 66.8 Å². The number of hydrogen-bond donors (Lipinski definition) is 3. The van der Waals surface area contributed by atoms with Crippen molar-refractivity contribution in [3.8, 4) is 0 Å². The van der Waals surface area contributed by atoms with E-state index in [4.69, 9.17) is 5.41 Å². The van der Waals surface area contributed by atoms with Crippen LogP contribution in [0.3, 0.4) is 0 Å². The van der Waals surface area contributed by atoms with Gasteiger partial charge in [0.2, 0.25) is 0 Å². The van der Waals surface area contributed by atoms with Gasteiger partial charge in [-0.15, -0.1) is 12.6 Å². The summed E-state index contributed by atoms with van der Waals surface area (Å²) >= 11 is 4.45. The number of rotatable bonds is 3. The minimum Gasteiger partial charge on any atom is -0.359 e. The molecule has 0 aromatic heterocycles. The van der Waals surface area contributed by atoms with Crippen LogP contribution in [-0.4, -0.2) is 6.21 Å². The summed E-state index contributed by atoms with van der Waals surface area (Å²) in [6.45, 7) is 10.3. The highest BCUT2D eigenvalue weighted by Gasteiger charge is 2.15. The van der Waals surface area contributed by atoms with E-state index in [-0.39, 0.29) is 0 Å². The molecular weight excluding hydrogens is 264 g/mol. The molecule has 0 amide bonds. The van der Waals surface area contributed by atoms with E-state index in [0.29, 0.717) is 0 Å². The normalized spacial score (nSPS) is 15.0. The van der Waals surface area contributed by atoms with Crippen molar-refractivity contribution >= 4 is 18.8 Å². The second-order valence-corrected chi connectivity index (χ2v) is 5.77. The fraction of sp³-hybridized carbons (Fsp3) is 0.235. The van der Waals surface area contributed by atoms with Crippen molar-refractivity contribution in [3.63, 3.8) is 0 Å². The first-order chi connectivity index (χ1) is 9.42. The Balaban J connectivity index is 2.47. The van der Waals surface area contributed by atoms with Gasteiger partial charge in [0.15, 0.2) is 0 Å². The SMILES string of the molecule is C=C1NC(C)=CC(C)=C1Cc1cc(S)cc(C)c1C=N. The van der Waals surface area contributed by atoms with Crippen LogP contribution in [0.2, 0.25) is 0 Å². The summed E-state index contributed by atoms with van der Waals surface area (Å²) in [5.74, 6) is 0. The van der Waals surface area contributed by atoms with Gasteiger partial charge in [0, 0.05) is 28.9 Å². The number of hydrogen-bond acceptors (Lipinski definition) is 3. The summed E-state index contributed by atoms with van der Waals surface area (Å²) in [6.07, 6.45) is 4.32. The van der Waals surface area contributed by atoms with E-state index in [2.05, 4.69) is 37.5 Å². The summed E-state index contributed by atoms with van der Waals surface area (Å²) in [5, 5.41) is 10.9. The maximum absolute atomic E-state index is 7.63. The van der Waals surface area contributed by atoms with Gasteiger partial charge in [-0.2, -0.15) is 0 Å². The van der Waals surface area contributed by atoms with Crippen molar-refractivity contribution < 1.29 is 0 Å². The molecule has 0 saturated heterocycles. The van der Waals surface area contributed by atoms with Gasteiger partial charge in [0.25, 0.3) is 0 Å². The zero-order chi connectivity index (χ0) is 14.9. The van der Waals surface area contributed by atoms with Gasteiger partial charge in [-0.25, -0.2) is 0 Å². The molecule has 0 unspecified atom stereocenters. The predicted molar refractivity (Wildman–Crippen MR) is 88.8 cm³/mol. The molecule has 0 aliphatic carbocycles. The number of benzene rings is 1. The van der Waals surface area contributed by atoms with E-state index in [9.17, 15) is 0 Å². The van der Waals surface area contributed by atoms with Gasteiger partial charge < -0.3 is 10.7 Å². The largest absolute Gasteiger partial charge is 0.359 e. The molecule has 0 fully saturated rings. The molecule has 0 atom stereocenters. The van der Waals surface area contributed by atoms with Crippen molar-refractivity contribution in [3.05, 3.63) is 64.0 Å². The van der Waals surface area contributed by atoms with Crippen molar-refractivity contribution in [2.75, 3.05) is 0 Å². The lowest BCUT2D eigenvalue weighted by atomic mass is 9.91. The lowest BCUT2D eigenvalue weighted by Crippen LogP contribution is -2.18. The van der Waals surface area contributed by atoms with Crippen LogP contribution in [0.1, 0.15) is 30.5 Å². The summed E-state index contributed by atoms with van der Waals surface area (Å²) in [5.41, 5.74) is 7.66. The smallest absolute Gasteiger partial charge is 0.0347 e. The van der Waals surface area contributed by atoms with Crippen LogP contribution in [-0.2, 0) is 6.42 Å². The zero-order valence-corrected chi connectivity index (χ0v) is 13.1. The lowest BCUT2D eigenvalue weighted by Gasteiger charge is -2.22. The Kier molecular flexibility index (Phi) is 4.19. The lowest BCUT2D eigenvalue weighted by molar-refractivity contribution is 0.916. The molecule has 0 saturated carbocycles. The summed E-state index contributed by atoms with van der Waals surface area (Å²) in [7, 11) is 0. The monoisotopic (exact) mass is 284 g/mol. The maximum atomic E-state index is 7.63. The highest BCUT2D eigenvalue weighted by atomic mass is 32.1. The van der Waals surface area contributed by atoms with Crippen LogP contribution in [0.5, 0.6) is 0 Å². The van der Waals surface area contributed by atoms with Crippen LogP contribution in [0, 0.1) is 12.3 Å². The average Bonchev–Trinajstić information content (AvgIpc) is 2.33. The molecule has 1 aliphatic rings. The molecule has 0 radical (unpaired) electrons. The number of allylic oxidation sites excluding steroid dienone is 4. The highest BCUT2D eigenvalue weighted by molar-refractivity contribution is 7.80. The predicted octanol–water partition coefficient (Wildman–Crippen LogP) is 4.16. The van der Waals surface area contributed by atoms with Gasteiger partial charge in [0.1, 0.15) is 0 Å². The number of thiol groups is 1. The van der Waals surface area contributed by atoms with Crippen molar-refractivity contribution in [2.45, 2.75) is 32.1 Å². The molecule has 2 nitrogen and oxygen atoms in total. The Hall–Kier alpha value is -1.74. The molecule has 2 N–H and O–H groups in total. The Morgan fingerprint density at radius 1 is 1.30 bits per heavy atom. The Bertz CT molecular complexity index is 651. The quantitative estimate of drug-likeness (QED) is 0.565. The standard InChI is InChI=1S/C17H20N2S/c1-10-5-12(3)19-13(4)16(10)8-14-7-15(20)6-11(2)17(14)9-18/h5-7,9,18-20H,4,8H2,1-3H3. The van der Waals surface area contributed by atoms with Crippen molar-refractivity contribution in [1.29, 1.82) is 5.41 Å². The van der Waals surface area contributed by atoms with E-state index in [1.807, 2.05) is 26.0 Å². The first kappa shape index (κ1) is 14.7. The fourth-order valence-corrected chi connectivity index (χ4v) is 2.99. The first-order valence-electron chi connectivity index (χ1n) is 6.59. The number of aryl methyl sites for hydroxylation is 1. The second kappa shape index (κ2) is 5.71. The van der Waals surface area contributed by atoms with Crippen LogP contribution in [0.25, 0.3) is 0 Å². The third-order valence-corrected chi connectivity index (χ3v) is 3.85. The second-order valence-electron chi connectivity index (χ2n) is 5.25. The number of dihydropyridines is 1. The Labute approximate surface area is 126 Å². The van der Waals surface area contributed by atoms with Gasteiger partial charge in [-0.1, -0.05) is 6.58 Å². The minimum atomic E-state index is 0.765. The van der Waals surface area contributed by atoms with E-state index < -0.39 is 0 Å². The molecular formula is C17H20N2S. The number of nitrogens with one attached hydrogen (secondary N) is 2. The third-order valence-electron chi connectivity index (χ3n) is 3.59. The van der Waals surface area contributed by atoms with Crippen LogP contribution >= 0.6 is 12.6 Å². The van der Waals surface area contributed by atoms with Gasteiger partial charge in [0.05, 0.1) is 0 Å². The topological polar surface area (TPSA) is 35.9 Å². The molecule has 2 rings (SSSR count). The van der Waals surface area contributed by atoms with Crippen LogP contribution in [0.4, 0.5) is 0 Å². The molecule has 0 bridgehead atoms. The molecule has 1 aromatic rings. The van der Waals surface area contributed by atoms with Crippen molar-refractivity contribution in [1.82, 2.24) is 5.32 Å². The maximum Gasteiger partial charge on any atom is 0.0347 e. The average molecular weight is 284 g/mol. The van der Waals surface area contributed by atoms with E-state index in [1.54, 1.807) is 0 Å². The molecule has 3 heteroatoms. The van der Waals surface area contributed by atoms with E-state index in [0.717, 1.165) is 39.4 Å². The fourth-order valence-electron chi connectivity index (χ4n) is 2.64. The van der Waals surface area contributed by atoms with E-state index >= 15 is 0 Å². The Morgan fingerprint density at radius 2 is 2.00 bits per heavy atom. The van der Waals surface area contributed by atoms with Crippen LogP contribution in [0.15, 0.2) is 52.2 Å². The Morgan fingerprint density at radius 3 is 2.60 bits per heavy atom.